The van der Waals surface area contributed by atoms with Crippen LogP contribution < -0.4 is 5.73 Å². The van der Waals surface area contributed by atoms with Gasteiger partial charge in [-0.15, -0.1) is 0 Å². The number of carbonyl (C=O) groups excluding carboxylic acids is 1. The van der Waals surface area contributed by atoms with E-state index in [-0.39, 0.29) is 17.7 Å². The molecule has 1 atom stereocenters. The molecule has 17 heavy (non-hydrogen) atoms. The third-order valence-corrected chi connectivity index (χ3v) is 3.23. The fraction of sp³-hybridized carbons (Fsp3) is 0.818. The van der Waals surface area contributed by atoms with E-state index in [1.807, 2.05) is 18.7 Å². The number of rotatable bonds is 4. The molecule has 6 heteroatoms. The molecule has 1 saturated heterocycles. The van der Waals surface area contributed by atoms with Crippen LogP contribution in [0.5, 0.6) is 0 Å². The van der Waals surface area contributed by atoms with Crippen LogP contribution >= 0.6 is 0 Å². The summed E-state index contributed by atoms with van der Waals surface area (Å²) in [7, 11) is 0. The fourth-order valence-corrected chi connectivity index (χ4v) is 1.87. The maximum Gasteiger partial charge on any atom is 0.225 e. The molecular formula is C11H22N4O2. The van der Waals surface area contributed by atoms with Crippen molar-refractivity contribution >= 4 is 11.7 Å². The molecule has 0 radical (unpaired) electrons. The minimum Gasteiger partial charge on any atom is -0.409 e. The Morgan fingerprint density at radius 1 is 1.41 bits per heavy atom. The van der Waals surface area contributed by atoms with E-state index in [2.05, 4.69) is 10.1 Å². The molecule has 0 aromatic rings. The van der Waals surface area contributed by atoms with Gasteiger partial charge in [-0.05, 0) is 6.42 Å². The summed E-state index contributed by atoms with van der Waals surface area (Å²) in [5.74, 6) is 0.549. The zero-order chi connectivity index (χ0) is 12.8. The summed E-state index contributed by atoms with van der Waals surface area (Å²) in [6.07, 6.45) is 0.878. The van der Waals surface area contributed by atoms with Crippen LogP contribution in [0.3, 0.4) is 0 Å². The van der Waals surface area contributed by atoms with Gasteiger partial charge in [0.05, 0.1) is 6.54 Å². The van der Waals surface area contributed by atoms with Gasteiger partial charge in [0, 0.05) is 32.1 Å². The van der Waals surface area contributed by atoms with Gasteiger partial charge in [-0.3, -0.25) is 9.69 Å². The van der Waals surface area contributed by atoms with Gasteiger partial charge < -0.3 is 15.8 Å². The molecule has 1 heterocycles. The number of piperazine rings is 1. The molecule has 1 amide bonds. The largest absolute Gasteiger partial charge is 0.409 e. The lowest BCUT2D eigenvalue weighted by Gasteiger charge is -2.35. The highest BCUT2D eigenvalue weighted by Gasteiger charge is 2.24. The monoisotopic (exact) mass is 242 g/mol. The van der Waals surface area contributed by atoms with E-state index in [4.69, 9.17) is 10.9 Å². The summed E-state index contributed by atoms with van der Waals surface area (Å²) in [6.45, 7) is 7.45. The minimum atomic E-state index is 0.102. The van der Waals surface area contributed by atoms with Gasteiger partial charge in [0.1, 0.15) is 0 Å². The maximum atomic E-state index is 11.9. The topological polar surface area (TPSA) is 82.2 Å². The maximum absolute atomic E-state index is 11.9. The van der Waals surface area contributed by atoms with E-state index < -0.39 is 0 Å². The molecule has 1 fully saturated rings. The highest BCUT2D eigenvalue weighted by Crippen LogP contribution is 2.09. The predicted octanol–water partition coefficient (Wildman–Crippen LogP) is -0.0769. The van der Waals surface area contributed by atoms with E-state index in [9.17, 15) is 4.79 Å². The lowest BCUT2D eigenvalue weighted by Crippen LogP contribution is -2.51. The highest BCUT2D eigenvalue weighted by molar-refractivity contribution is 5.81. The van der Waals surface area contributed by atoms with Crippen molar-refractivity contribution < 1.29 is 10.0 Å². The number of hydrogen-bond donors (Lipinski definition) is 2. The Morgan fingerprint density at radius 2 is 2.00 bits per heavy atom. The standard InChI is InChI=1S/C11H22N4O2/c1-3-9(2)11(16)15-6-4-14(5-7-15)8-10(12)13-17/h9,17H,3-8H2,1-2H3,(H2,12,13). The lowest BCUT2D eigenvalue weighted by atomic mass is 10.1. The second-order valence-corrected chi connectivity index (χ2v) is 4.50. The van der Waals surface area contributed by atoms with E-state index >= 15 is 0 Å². The van der Waals surface area contributed by atoms with E-state index in [0.717, 1.165) is 32.6 Å². The first-order chi connectivity index (χ1) is 8.08. The van der Waals surface area contributed by atoms with Crippen molar-refractivity contribution in [1.82, 2.24) is 9.80 Å². The third kappa shape index (κ3) is 3.89. The summed E-state index contributed by atoms with van der Waals surface area (Å²) in [5.41, 5.74) is 5.45. The van der Waals surface area contributed by atoms with Crippen molar-refractivity contribution in [3.63, 3.8) is 0 Å². The number of nitrogens with two attached hydrogens (primary N) is 1. The Hall–Kier alpha value is -1.30. The van der Waals surface area contributed by atoms with Gasteiger partial charge in [-0.2, -0.15) is 0 Å². The van der Waals surface area contributed by atoms with Gasteiger partial charge in [0.2, 0.25) is 5.91 Å². The number of carbonyl (C=O) groups is 1. The van der Waals surface area contributed by atoms with Crippen LogP contribution in [-0.4, -0.2) is 59.5 Å². The summed E-state index contributed by atoms with van der Waals surface area (Å²) >= 11 is 0. The van der Waals surface area contributed by atoms with Gasteiger partial charge in [0.25, 0.3) is 0 Å². The average Bonchev–Trinajstić information content (AvgIpc) is 2.37. The van der Waals surface area contributed by atoms with Crippen LogP contribution in [0.4, 0.5) is 0 Å². The zero-order valence-electron chi connectivity index (χ0n) is 10.6. The van der Waals surface area contributed by atoms with Crippen molar-refractivity contribution in [2.75, 3.05) is 32.7 Å². The van der Waals surface area contributed by atoms with Crippen molar-refractivity contribution in [1.29, 1.82) is 0 Å². The molecule has 1 aliphatic rings. The molecule has 0 aliphatic carbocycles. The third-order valence-electron chi connectivity index (χ3n) is 3.23. The van der Waals surface area contributed by atoms with Gasteiger partial charge in [0.15, 0.2) is 5.84 Å². The smallest absolute Gasteiger partial charge is 0.225 e. The highest BCUT2D eigenvalue weighted by atomic mass is 16.4. The molecule has 6 nitrogen and oxygen atoms in total. The SMILES string of the molecule is CCC(C)C(=O)N1CCN(CC(N)=NO)CC1. The van der Waals surface area contributed by atoms with Gasteiger partial charge in [-0.25, -0.2) is 0 Å². The normalized spacial score (nSPS) is 20.4. The van der Waals surface area contributed by atoms with Crippen LogP contribution in [0.15, 0.2) is 5.16 Å². The Kier molecular flexibility index (Phi) is 5.21. The molecule has 1 unspecified atom stereocenters. The molecule has 1 aliphatic heterocycles. The van der Waals surface area contributed by atoms with Crippen LogP contribution in [0.1, 0.15) is 20.3 Å². The van der Waals surface area contributed by atoms with E-state index in [0.29, 0.717) is 6.54 Å². The van der Waals surface area contributed by atoms with E-state index in [1.165, 1.54) is 0 Å². The average molecular weight is 242 g/mol. The fourth-order valence-electron chi connectivity index (χ4n) is 1.87. The molecule has 0 saturated carbocycles. The summed E-state index contributed by atoms with van der Waals surface area (Å²) in [5, 5.41) is 11.4. The second kappa shape index (κ2) is 6.44. The second-order valence-electron chi connectivity index (χ2n) is 4.50. The number of nitrogens with zero attached hydrogens (tertiary/aromatic N) is 3. The molecule has 1 rings (SSSR count). The van der Waals surface area contributed by atoms with Crippen LogP contribution in [-0.2, 0) is 4.79 Å². The van der Waals surface area contributed by atoms with Crippen LogP contribution in [0, 0.1) is 5.92 Å². The molecular weight excluding hydrogens is 220 g/mol. The molecule has 0 spiro atoms. The van der Waals surface area contributed by atoms with Crippen molar-refractivity contribution in [3.8, 4) is 0 Å². The first-order valence-corrected chi connectivity index (χ1v) is 6.06. The predicted molar refractivity (Wildman–Crippen MR) is 65.9 cm³/mol. The first-order valence-electron chi connectivity index (χ1n) is 6.06. The first kappa shape index (κ1) is 13.8. The minimum absolute atomic E-state index is 0.102. The number of hydrogen-bond acceptors (Lipinski definition) is 4. The van der Waals surface area contributed by atoms with Gasteiger partial charge in [-0.1, -0.05) is 19.0 Å². The van der Waals surface area contributed by atoms with Crippen molar-refractivity contribution in [2.45, 2.75) is 20.3 Å². The quantitative estimate of drug-likeness (QED) is 0.313. The Labute approximate surface area is 102 Å². The molecule has 0 aromatic carbocycles. The molecule has 0 bridgehead atoms. The Bertz CT molecular complexity index is 285. The van der Waals surface area contributed by atoms with Crippen LogP contribution in [0.2, 0.25) is 0 Å². The number of amidine groups is 1. The number of oxime groups is 1. The summed E-state index contributed by atoms with van der Waals surface area (Å²) in [4.78, 5) is 15.9. The van der Waals surface area contributed by atoms with E-state index in [1.54, 1.807) is 0 Å². The lowest BCUT2D eigenvalue weighted by molar-refractivity contribution is -0.136. The molecule has 0 aromatic heterocycles. The van der Waals surface area contributed by atoms with Crippen molar-refractivity contribution in [2.24, 2.45) is 16.8 Å². The Morgan fingerprint density at radius 3 is 2.47 bits per heavy atom. The zero-order valence-corrected chi connectivity index (χ0v) is 10.6. The summed E-state index contributed by atoms with van der Waals surface area (Å²) in [6, 6.07) is 0. The summed E-state index contributed by atoms with van der Waals surface area (Å²) < 4.78 is 0. The van der Waals surface area contributed by atoms with Crippen LogP contribution in [0.25, 0.3) is 0 Å². The molecule has 3 N–H and O–H groups in total. The van der Waals surface area contributed by atoms with Crippen molar-refractivity contribution in [3.05, 3.63) is 0 Å². The number of amides is 1. The molecule has 98 valence electrons. The van der Waals surface area contributed by atoms with Gasteiger partial charge >= 0.3 is 0 Å². The Balaban J connectivity index is 2.38.